The van der Waals surface area contributed by atoms with Crippen molar-refractivity contribution in [3.63, 3.8) is 0 Å². The highest BCUT2D eigenvalue weighted by Crippen LogP contribution is 1.81. The number of hydrogen-bond acceptors (Lipinski definition) is 1. The van der Waals surface area contributed by atoms with Gasteiger partial charge in [-0.15, -0.1) is 13.2 Å². The lowest BCUT2D eigenvalue weighted by Gasteiger charge is -1.91. The predicted molar refractivity (Wildman–Crippen MR) is 67.1 cm³/mol. The molecule has 0 saturated heterocycles. The molecule has 0 unspecified atom stereocenters. The summed E-state index contributed by atoms with van der Waals surface area (Å²) in [5.41, 5.74) is 5.17. The molecule has 0 heterocycles. The fourth-order valence-corrected chi connectivity index (χ4v) is 0. The zero-order chi connectivity index (χ0) is 11.7. The molecule has 0 spiro atoms. The summed E-state index contributed by atoms with van der Waals surface area (Å²) in [5.74, 6) is 0.662. The molecule has 13 heavy (non-hydrogen) atoms. The molecule has 0 bridgehead atoms. The number of hydrogen-bond donors (Lipinski definition) is 1. The smallest absolute Gasteiger partial charge is 0.00541 e. The van der Waals surface area contributed by atoms with Gasteiger partial charge in [0, 0.05) is 0 Å². The molecule has 0 aliphatic heterocycles. The topological polar surface area (TPSA) is 26.0 Å². The Morgan fingerprint density at radius 2 is 1.15 bits per heavy atom. The van der Waals surface area contributed by atoms with Gasteiger partial charge >= 0.3 is 0 Å². The molecule has 0 fully saturated rings. The molecule has 0 aromatic heterocycles. The first-order chi connectivity index (χ1) is 6.18. The Balaban J connectivity index is -0.0000000457. The largest absolute Gasteiger partial charge is 0.330 e. The molecule has 0 radical (unpaired) electrons. The van der Waals surface area contributed by atoms with Crippen molar-refractivity contribution in [2.45, 2.75) is 54.4 Å². The van der Waals surface area contributed by atoms with Gasteiger partial charge in [0.25, 0.3) is 0 Å². The fourth-order valence-electron chi connectivity index (χ4n) is 0. The maximum absolute atomic E-state index is 5.17. The quantitative estimate of drug-likeness (QED) is 0.646. The van der Waals surface area contributed by atoms with E-state index >= 15 is 0 Å². The van der Waals surface area contributed by atoms with E-state index in [1.807, 2.05) is 13.8 Å². The summed E-state index contributed by atoms with van der Waals surface area (Å²) in [6.45, 7) is 19.4. The van der Waals surface area contributed by atoms with Crippen molar-refractivity contribution in [1.29, 1.82) is 0 Å². The minimum Gasteiger partial charge on any atom is -0.330 e. The standard InChI is InChI=1S/C4H11N.C4H10.C2H6.C2H4/c1-4(2)3-5;1-3-4-2;2*1-2/h4H,3,5H2,1-2H3;3-4H2,1-2H3;1-2H3;1-2H2. The van der Waals surface area contributed by atoms with Gasteiger partial charge in [-0.05, 0) is 12.5 Å². The van der Waals surface area contributed by atoms with E-state index in [9.17, 15) is 0 Å². The van der Waals surface area contributed by atoms with Gasteiger partial charge in [0.2, 0.25) is 0 Å². The average molecular weight is 189 g/mol. The van der Waals surface area contributed by atoms with E-state index in [4.69, 9.17) is 5.73 Å². The molecule has 1 heteroatoms. The van der Waals surface area contributed by atoms with Crippen LogP contribution in [0.2, 0.25) is 0 Å². The zero-order valence-corrected chi connectivity index (χ0v) is 10.7. The van der Waals surface area contributed by atoms with E-state index in [0.29, 0.717) is 5.92 Å². The van der Waals surface area contributed by atoms with Crippen LogP contribution in [-0.4, -0.2) is 6.54 Å². The van der Waals surface area contributed by atoms with Gasteiger partial charge in [0.15, 0.2) is 0 Å². The van der Waals surface area contributed by atoms with Gasteiger partial charge in [-0.1, -0.05) is 54.4 Å². The van der Waals surface area contributed by atoms with Gasteiger partial charge in [0.05, 0.1) is 0 Å². The molecule has 0 aromatic rings. The Hall–Kier alpha value is -0.300. The molecule has 2 N–H and O–H groups in total. The van der Waals surface area contributed by atoms with Crippen molar-refractivity contribution in [1.82, 2.24) is 0 Å². The Kier molecular flexibility index (Phi) is 72.8. The third kappa shape index (κ3) is 151. The van der Waals surface area contributed by atoms with Crippen molar-refractivity contribution in [2.24, 2.45) is 11.7 Å². The van der Waals surface area contributed by atoms with E-state index in [1.165, 1.54) is 12.8 Å². The molecule has 0 saturated carbocycles. The van der Waals surface area contributed by atoms with Crippen molar-refractivity contribution >= 4 is 0 Å². The van der Waals surface area contributed by atoms with Crippen molar-refractivity contribution in [3.8, 4) is 0 Å². The molecular formula is C12H31N. The fraction of sp³-hybridized carbons (Fsp3) is 0.833. The lowest BCUT2D eigenvalue weighted by molar-refractivity contribution is 0.664. The molecule has 0 amide bonds. The van der Waals surface area contributed by atoms with Crippen molar-refractivity contribution in [3.05, 3.63) is 13.2 Å². The lowest BCUT2D eigenvalue weighted by Crippen LogP contribution is -2.05. The molecule has 1 nitrogen and oxygen atoms in total. The minimum atomic E-state index is 0.662. The van der Waals surface area contributed by atoms with E-state index < -0.39 is 0 Å². The molecule has 0 rings (SSSR count). The van der Waals surface area contributed by atoms with Gasteiger partial charge in [0.1, 0.15) is 0 Å². The number of unbranched alkanes of at least 4 members (excludes halogenated alkanes) is 1. The van der Waals surface area contributed by atoms with E-state index in [2.05, 4.69) is 40.9 Å². The predicted octanol–water partition coefficient (Wildman–Crippen LogP) is 4.24. The summed E-state index contributed by atoms with van der Waals surface area (Å²) in [7, 11) is 0. The Morgan fingerprint density at radius 3 is 1.15 bits per heavy atom. The van der Waals surface area contributed by atoms with Crippen LogP contribution in [0.5, 0.6) is 0 Å². The molecule has 0 aromatic carbocycles. The van der Waals surface area contributed by atoms with Crippen LogP contribution in [0, 0.1) is 5.92 Å². The molecule has 0 aliphatic rings. The van der Waals surface area contributed by atoms with E-state index in [1.54, 1.807) is 0 Å². The molecule has 84 valence electrons. The van der Waals surface area contributed by atoms with Crippen LogP contribution in [-0.2, 0) is 0 Å². The van der Waals surface area contributed by atoms with Crippen LogP contribution in [0.25, 0.3) is 0 Å². The van der Waals surface area contributed by atoms with Crippen molar-refractivity contribution in [2.75, 3.05) is 6.54 Å². The maximum atomic E-state index is 5.17. The second kappa shape index (κ2) is 41.2. The number of rotatable bonds is 2. The van der Waals surface area contributed by atoms with Crippen LogP contribution >= 0.6 is 0 Å². The summed E-state index contributed by atoms with van der Waals surface area (Å²) >= 11 is 0. The zero-order valence-electron chi connectivity index (χ0n) is 10.7. The van der Waals surface area contributed by atoms with Crippen molar-refractivity contribution < 1.29 is 0 Å². The SMILES string of the molecule is C=C.CC.CC(C)CN.CCCC. The summed E-state index contributed by atoms with van der Waals surface area (Å²) in [6.07, 6.45) is 2.64. The molecule has 0 atom stereocenters. The van der Waals surface area contributed by atoms with E-state index in [0.717, 1.165) is 6.54 Å². The number of nitrogens with two attached hydrogens (primary N) is 1. The van der Waals surface area contributed by atoms with Gasteiger partial charge in [-0.2, -0.15) is 0 Å². The third-order valence-electron chi connectivity index (χ3n) is 0.971. The minimum absolute atomic E-state index is 0.662. The maximum Gasteiger partial charge on any atom is -0.00541 e. The van der Waals surface area contributed by atoms with Crippen LogP contribution in [0.4, 0.5) is 0 Å². The second-order valence-electron chi connectivity index (χ2n) is 2.63. The monoisotopic (exact) mass is 189 g/mol. The summed E-state index contributed by atoms with van der Waals surface area (Å²) < 4.78 is 0. The van der Waals surface area contributed by atoms with E-state index in [-0.39, 0.29) is 0 Å². The van der Waals surface area contributed by atoms with Crippen LogP contribution in [0.3, 0.4) is 0 Å². The summed E-state index contributed by atoms with van der Waals surface area (Å²) in [5, 5.41) is 0. The Morgan fingerprint density at radius 1 is 1.00 bits per heavy atom. The van der Waals surface area contributed by atoms with Gasteiger partial charge in [-0.25, -0.2) is 0 Å². The third-order valence-corrected chi connectivity index (χ3v) is 0.971. The van der Waals surface area contributed by atoms with Crippen LogP contribution < -0.4 is 5.73 Å². The van der Waals surface area contributed by atoms with Gasteiger partial charge in [-0.3, -0.25) is 0 Å². The average Bonchev–Trinajstić information content (AvgIpc) is 2.24. The first-order valence-corrected chi connectivity index (χ1v) is 5.39. The summed E-state index contributed by atoms with van der Waals surface area (Å²) in [4.78, 5) is 0. The molecule has 0 aliphatic carbocycles. The first kappa shape index (κ1) is 23.0. The van der Waals surface area contributed by atoms with Gasteiger partial charge < -0.3 is 5.73 Å². The normalized spacial score (nSPS) is 6.77. The lowest BCUT2D eigenvalue weighted by atomic mass is 10.2. The summed E-state index contributed by atoms with van der Waals surface area (Å²) in [6, 6.07) is 0. The Labute approximate surface area is 86.4 Å². The second-order valence-corrected chi connectivity index (χ2v) is 2.63. The molecular weight excluding hydrogens is 158 g/mol. The highest BCUT2D eigenvalue weighted by atomic mass is 14.5. The Bertz CT molecular complexity index is 40.4. The van der Waals surface area contributed by atoms with Crippen LogP contribution in [0.1, 0.15) is 54.4 Å². The first-order valence-electron chi connectivity index (χ1n) is 5.39. The highest BCUT2D eigenvalue weighted by molar-refractivity contribution is 4.38. The highest BCUT2D eigenvalue weighted by Gasteiger charge is 1.80. The van der Waals surface area contributed by atoms with Crippen LogP contribution in [0.15, 0.2) is 13.2 Å².